The van der Waals surface area contributed by atoms with Crippen molar-refractivity contribution >= 4 is 21.9 Å². The number of carbonyl (C=O) groups is 2. The first-order chi connectivity index (χ1) is 11.0. The summed E-state index contributed by atoms with van der Waals surface area (Å²) in [5.41, 5.74) is -0.293. The third kappa shape index (κ3) is 3.02. The van der Waals surface area contributed by atoms with Crippen molar-refractivity contribution < 1.29 is 31.5 Å². The van der Waals surface area contributed by atoms with Crippen LogP contribution in [-0.4, -0.2) is 32.2 Å². The van der Waals surface area contributed by atoms with E-state index in [0.29, 0.717) is 17.8 Å². The van der Waals surface area contributed by atoms with E-state index in [2.05, 4.69) is 0 Å². The molecule has 0 aromatic heterocycles. The zero-order valence-corrected chi connectivity index (χ0v) is 14.2. The highest BCUT2D eigenvalue weighted by molar-refractivity contribution is 7.91. The van der Waals surface area contributed by atoms with Gasteiger partial charge in [-0.05, 0) is 56.3 Å². The van der Waals surface area contributed by atoms with E-state index in [4.69, 9.17) is 4.74 Å². The molecule has 0 aromatic carbocycles. The molecule has 0 atom stereocenters. The predicted molar refractivity (Wildman–Crippen MR) is 79.2 cm³/mol. The third-order valence-corrected chi connectivity index (χ3v) is 6.93. The van der Waals surface area contributed by atoms with Gasteiger partial charge in [0.05, 0.1) is 6.61 Å². The highest BCUT2D eigenvalue weighted by Crippen LogP contribution is 2.60. The topological polar surface area (TPSA) is 89.5 Å². The van der Waals surface area contributed by atoms with Crippen LogP contribution in [-0.2, 0) is 24.3 Å². The van der Waals surface area contributed by atoms with Crippen molar-refractivity contribution in [2.45, 2.75) is 50.7 Å². The fourth-order valence-corrected chi connectivity index (χ4v) is 5.92. The van der Waals surface area contributed by atoms with Gasteiger partial charge in [-0.25, -0.2) is 9.52 Å². The molecule has 4 saturated carbocycles. The van der Waals surface area contributed by atoms with Gasteiger partial charge in [-0.1, -0.05) is 0 Å². The van der Waals surface area contributed by atoms with E-state index in [1.165, 1.54) is 0 Å². The van der Waals surface area contributed by atoms with Gasteiger partial charge in [0.15, 0.2) is 0 Å². The van der Waals surface area contributed by atoms with Gasteiger partial charge in [0.2, 0.25) is 5.91 Å². The maximum Gasteiger partial charge on any atom is 0.459 e. The van der Waals surface area contributed by atoms with Gasteiger partial charge < -0.3 is 4.74 Å². The minimum atomic E-state index is -5.44. The molecule has 0 unspecified atom stereocenters. The minimum absolute atomic E-state index is 0.180. The summed E-state index contributed by atoms with van der Waals surface area (Å²) in [5.74, 6) is -1.65. The Hall–Kier alpha value is -1.25. The predicted octanol–water partition coefficient (Wildman–Crippen LogP) is 1.80. The molecule has 4 aliphatic carbocycles. The smallest absolute Gasteiger partial charge is 0.459 e. The van der Waals surface area contributed by atoms with E-state index in [0.717, 1.165) is 50.2 Å². The fraction of sp³-hybridized carbons (Fsp3) is 0.867. The Morgan fingerprint density at radius 1 is 1.12 bits per heavy atom. The molecule has 1 N–H and O–H groups in total. The van der Waals surface area contributed by atoms with E-state index >= 15 is 0 Å². The van der Waals surface area contributed by atoms with Gasteiger partial charge in [-0.2, -0.15) is 17.2 Å². The number of halogens is 2. The Bertz CT molecular complexity index is 625. The van der Waals surface area contributed by atoms with Crippen molar-refractivity contribution in [1.29, 1.82) is 0 Å². The molecular weight excluding hydrogens is 344 g/mol. The first-order valence-electron chi connectivity index (χ1n) is 8.11. The van der Waals surface area contributed by atoms with Gasteiger partial charge in [-0.15, -0.1) is 0 Å². The minimum Gasteiger partial charge on any atom is -0.460 e. The number of hydrogen-bond donors (Lipinski definition) is 1. The SMILES string of the molecule is CC(=O)NS(=O)(=O)C(F)(F)C(=O)OCC12CC3CC(CC(C3)C1)C2. The number of alkyl halides is 2. The van der Waals surface area contributed by atoms with Gasteiger partial charge in [-0.3, -0.25) is 4.79 Å². The van der Waals surface area contributed by atoms with Crippen LogP contribution in [0.2, 0.25) is 0 Å². The lowest BCUT2D eigenvalue weighted by atomic mass is 9.50. The number of ether oxygens (including phenoxy) is 1. The summed E-state index contributed by atoms with van der Waals surface area (Å²) in [7, 11) is -5.44. The maximum absolute atomic E-state index is 13.8. The van der Waals surface area contributed by atoms with E-state index in [-0.39, 0.29) is 12.0 Å². The Balaban J connectivity index is 1.66. The molecule has 0 aliphatic heterocycles. The standard InChI is InChI=1S/C15H21F2NO5S/c1-9(19)18-24(21,22)15(16,17)13(20)23-8-14-5-10-2-11(6-14)4-12(3-10)7-14/h10-12H,2-8H2,1H3,(H,18,19). The van der Waals surface area contributed by atoms with Crippen molar-refractivity contribution in [2.75, 3.05) is 6.61 Å². The zero-order chi connectivity index (χ0) is 17.8. The molecule has 0 aromatic rings. The summed E-state index contributed by atoms with van der Waals surface area (Å²) in [5, 5.41) is -4.79. The first-order valence-corrected chi connectivity index (χ1v) is 9.59. The molecule has 1 amide bonds. The molecule has 24 heavy (non-hydrogen) atoms. The lowest BCUT2D eigenvalue weighted by molar-refractivity contribution is -0.171. The second-order valence-corrected chi connectivity index (χ2v) is 9.40. The second kappa shape index (κ2) is 5.64. The molecule has 0 radical (unpaired) electrons. The number of esters is 1. The summed E-state index contributed by atoms with van der Waals surface area (Å²) in [6.45, 7) is 0.592. The van der Waals surface area contributed by atoms with Gasteiger partial charge >= 0.3 is 21.2 Å². The number of amides is 1. The Morgan fingerprint density at radius 2 is 1.58 bits per heavy atom. The highest BCUT2D eigenvalue weighted by Gasteiger charge is 2.57. The van der Waals surface area contributed by atoms with Crippen LogP contribution in [0.1, 0.15) is 45.4 Å². The van der Waals surface area contributed by atoms with Gasteiger partial charge in [0.25, 0.3) is 0 Å². The normalized spacial score (nSPS) is 34.9. The Morgan fingerprint density at radius 3 is 2.00 bits per heavy atom. The van der Waals surface area contributed by atoms with Crippen LogP contribution >= 0.6 is 0 Å². The van der Waals surface area contributed by atoms with Crippen LogP contribution in [0.25, 0.3) is 0 Å². The third-order valence-electron chi connectivity index (χ3n) is 5.53. The van der Waals surface area contributed by atoms with Crippen molar-refractivity contribution in [2.24, 2.45) is 23.2 Å². The average molecular weight is 365 g/mol. The second-order valence-electron chi connectivity index (χ2n) is 7.67. The van der Waals surface area contributed by atoms with Crippen LogP contribution in [0.4, 0.5) is 8.78 Å². The molecule has 0 saturated heterocycles. The quantitative estimate of drug-likeness (QED) is 0.751. The average Bonchev–Trinajstić information content (AvgIpc) is 2.41. The molecule has 4 bridgehead atoms. The van der Waals surface area contributed by atoms with Crippen LogP contribution < -0.4 is 4.72 Å². The molecule has 0 heterocycles. The van der Waals surface area contributed by atoms with E-state index in [9.17, 15) is 26.8 Å². The number of carbonyl (C=O) groups excluding carboxylic acids is 2. The molecule has 4 fully saturated rings. The molecule has 0 spiro atoms. The molecule has 4 aliphatic rings. The van der Waals surface area contributed by atoms with Crippen molar-refractivity contribution in [1.82, 2.24) is 4.72 Å². The monoisotopic (exact) mass is 365 g/mol. The van der Waals surface area contributed by atoms with Crippen LogP contribution in [0.5, 0.6) is 0 Å². The maximum atomic E-state index is 13.8. The number of sulfonamides is 1. The summed E-state index contributed by atoms with van der Waals surface area (Å²) in [6.07, 6.45) is 5.99. The number of rotatable bonds is 5. The van der Waals surface area contributed by atoms with E-state index in [1.807, 2.05) is 0 Å². The number of hydrogen-bond acceptors (Lipinski definition) is 5. The Kier molecular flexibility index (Phi) is 4.13. The van der Waals surface area contributed by atoms with Crippen molar-refractivity contribution in [3.63, 3.8) is 0 Å². The summed E-state index contributed by atoms with van der Waals surface area (Å²) in [6, 6.07) is 0. The number of nitrogens with one attached hydrogen (secondary N) is 1. The van der Waals surface area contributed by atoms with Gasteiger partial charge in [0.1, 0.15) is 0 Å². The summed E-state index contributed by atoms with van der Waals surface area (Å²) in [4.78, 5) is 22.4. The molecule has 9 heteroatoms. The lowest BCUT2D eigenvalue weighted by Crippen LogP contribution is -2.51. The van der Waals surface area contributed by atoms with Crippen LogP contribution in [0.3, 0.4) is 0 Å². The molecular formula is C15H21F2NO5S. The zero-order valence-electron chi connectivity index (χ0n) is 13.4. The first kappa shape index (κ1) is 17.6. The summed E-state index contributed by atoms with van der Waals surface area (Å²) >= 11 is 0. The Labute approximate surface area is 139 Å². The largest absolute Gasteiger partial charge is 0.460 e. The summed E-state index contributed by atoms with van der Waals surface area (Å²) < 4.78 is 56.4. The molecule has 136 valence electrons. The fourth-order valence-electron chi connectivity index (χ4n) is 5.13. The van der Waals surface area contributed by atoms with E-state index < -0.39 is 27.2 Å². The van der Waals surface area contributed by atoms with E-state index in [1.54, 1.807) is 0 Å². The van der Waals surface area contributed by atoms with Crippen LogP contribution in [0, 0.1) is 23.2 Å². The lowest BCUT2D eigenvalue weighted by Gasteiger charge is -2.56. The van der Waals surface area contributed by atoms with Crippen LogP contribution in [0.15, 0.2) is 0 Å². The van der Waals surface area contributed by atoms with Gasteiger partial charge in [0, 0.05) is 12.3 Å². The molecule has 6 nitrogen and oxygen atoms in total. The van der Waals surface area contributed by atoms with Crippen molar-refractivity contribution in [3.8, 4) is 0 Å². The van der Waals surface area contributed by atoms with Crippen molar-refractivity contribution in [3.05, 3.63) is 0 Å². The highest BCUT2D eigenvalue weighted by atomic mass is 32.2. The molecule has 4 rings (SSSR count).